The molecule has 2 aromatic carbocycles. The number of nitrogens with one attached hydrogen (secondary N) is 2. The van der Waals surface area contributed by atoms with Gasteiger partial charge in [-0.05, 0) is 48.7 Å². The van der Waals surface area contributed by atoms with Gasteiger partial charge in [-0.25, -0.2) is 9.97 Å². The molecule has 0 saturated carbocycles. The van der Waals surface area contributed by atoms with Gasteiger partial charge in [-0.15, -0.1) is 0 Å². The van der Waals surface area contributed by atoms with Gasteiger partial charge in [0.15, 0.2) is 0 Å². The van der Waals surface area contributed by atoms with Crippen LogP contribution >= 0.6 is 11.6 Å². The van der Waals surface area contributed by atoms with Crippen molar-refractivity contribution >= 4 is 28.9 Å². The molecule has 0 aliphatic heterocycles. The molecule has 0 bridgehead atoms. The van der Waals surface area contributed by atoms with Gasteiger partial charge in [0.1, 0.15) is 23.7 Å². The lowest BCUT2D eigenvalue weighted by molar-refractivity contribution is 0.416. The Hall–Kier alpha value is -2.79. The number of halogens is 1. The molecular weight excluding hydrogens is 348 g/mol. The van der Waals surface area contributed by atoms with Gasteiger partial charge in [0.2, 0.25) is 0 Å². The molecule has 3 rings (SSSR count). The average molecular weight is 369 g/mol. The van der Waals surface area contributed by atoms with Crippen molar-refractivity contribution in [3.8, 4) is 5.75 Å². The Balaban J connectivity index is 1.63. The normalized spacial score (nSPS) is 10.4. The maximum Gasteiger partial charge on any atom is 0.142 e. The third-order valence-electron chi connectivity index (χ3n) is 3.92. The Morgan fingerprint density at radius 1 is 1.00 bits per heavy atom. The molecule has 26 heavy (non-hydrogen) atoms. The molecule has 0 amide bonds. The van der Waals surface area contributed by atoms with E-state index in [1.54, 1.807) is 7.11 Å². The third-order valence-corrected chi connectivity index (χ3v) is 4.17. The van der Waals surface area contributed by atoms with Crippen molar-refractivity contribution < 1.29 is 4.74 Å². The Morgan fingerprint density at radius 3 is 2.54 bits per heavy atom. The van der Waals surface area contributed by atoms with Crippen LogP contribution in [0.25, 0.3) is 0 Å². The first kappa shape index (κ1) is 18.0. The zero-order valence-electron chi connectivity index (χ0n) is 14.8. The molecule has 1 heterocycles. The SMILES string of the molecule is COc1ccc(C)cc1Nc1cc(NCCc2ccc(Cl)cc2)ncn1. The summed E-state index contributed by atoms with van der Waals surface area (Å²) >= 11 is 5.91. The number of rotatable bonds is 7. The number of anilines is 3. The number of aromatic nitrogens is 2. The molecule has 0 aliphatic carbocycles. The molecule has 1 aromatic heterocycles. The highest BCUT2D eigenvalue weighted by molar-refractivity contribution is 6.30. The van der Waals surface area contributed by atoms with Gasteiger partial charge in [0.25, 0.3) is 0 Å². The van der Waals surface area contributed by atoms with Crippen LogP contribution in [0.1, 0.15) is 11.1 Å². The number of nitrogens with zero attached hydrogens (tertiary/aromatic N) is 2. The molecule has 0 aliphatic rings. The van der Waals surface area contributed by atoms with Crippen molar-refractivity contribution in [3.63, 3.8) is 0 Å². The molecule has 0 fully saturated rings. The van der Waals surface area contributed by atoms with Crippen LogP contribution in [0.5, 0.6) is 5.75 Å². The van der Waals surface area contributed by atoms with Crippen LogP contribution in [0.2, 0.25) is 5.02 Å². The van der Waals surface area contributed by atoms with Crippen LogP contribution < -0.4 is 15.4 Å². The van der Waals surface area contributed by atoms with E-state index in [2.05, 4.69) is 20.6 Å². The van der Waals surface area contributed by atoms with E-state index in [-0.39, 0.29) is 0 Å². The van der Waals surface area contributed by atoms with Gasteiger partial charge in [-0.2, -0.15) is 0 Å². The van der Waals surface area contributed by atoms with E-state index >= 15 is 0 Å². The Bertz CT molecular complexity index is 868. The fraction of sp³-hybridized carbons (Fsp3) is 0.200. The lowest BCUT2D eigenvalue weighted by atomic mass is 10.1. The second kappa shape index (κ2) is 8.54. The second-order valence-corrected chi connectivity index (χ2v) is 6.36. The Labute approximate surface area is 158 Å². The van der Waals surface area contributed by atoms with Crippen molar-refractivity contribution in [2.45, 2.75) is 13.3 Å². The van der Waals surface area contributed by atoms with Gasteiger partial charge in [-0.3, -0.25) is 0 Å². The van der Waals surface area contributed by atoms with Crippen molar-refractivity contribution in [2.75, 3.05) is 24.3 Å². The summed E-state index contributed by atoms with van der Waals surface area (Å²) in [6.07, 6.45) is 2.42. The molecule has 0 spiro atoms. The highest BCUT2D eigenvalue weighted by Crippen LogP contribution is 2.28. The highest BCUT2D eigenvalue weighted by atomic mass is 35.5. The summed E-state index contributed by atoms with van der Waals surface area (Å²) in [6, 6.07) is 15.7. The van der Waals surface area contributed by atoms with Gasteiger partial charge in [0, 0.05) is 17.6 Å². The molecule has 0 saturated heterocycles. The number of ether oxygens (including phenoxy) is 1. The number of benzene rings is 2. The predicted molar refractivity (Wildman–Crippen MR) is 107 cm³/mol. The third kappa shape index (κ3) is 4.86. The van der Waals surface area contributed by atoms with Gasteiger partial charge >= 0.3 is 0 Å². The second-order valence-electron chi connectivity index (χ2n) is 5.92. The first-order valence-corrected chi connectivity index (χ1v) is 8.74. The molecule has 0 atom stereocenters. The fourth-order valence-electron chi connectivity index (χ4n) is 2.57. The summed E-state index contributed by atoms with van der Waals surface area (Å²) in [5.74, 6) is 2.24. The summed E-state index contributed by atoms with van der Waals surface area (Å²) in [5.41, 5.74) is 3.24. The quantitative estimate of drug-likeness (QED) is 0.624. The first-order valence-electron chi connectivity index (χ1n) is 8.36. The Morgan fingerprint density at radius 2 is 1.77 bits per heavy atom. The van der Waals surface area contributed by atoms with E-state index in [1.165, 1.54) is 11.9 Å². The van der Waals surface area contributed by atoms with Crippen molar-refractivity contribution in [1.29, 1.82) is 0 Å². The maximum atomic E-state index is 5.91. The molecule has 2 N–H and O–H groups in total. The number of hydrogen-bond donors (Lipinski definition) is 2. The average Bonchev–Trinajstić information content (AvgIpc) is 2.64. The number of methoxy groups -OCH3 is 1. The van der Waals surface area contributed by atoms with E-state index in [4.69, 9.17) is 16.3 Å². The van der Waals surface area contributed by atoms with Crippen LogP contribution in [0, 0.1) is 6.92 Å². The molecular formula is C20H21ClN4O. The largest absolute Gasteiger partial charge is 0.495 e. The van der Waals surface area contributed by atoms with Crippen molar-refractivity contribution in [2.24, 2.45) is 0 Å². The zero-order valence-corrected chi connectivity index (χ0v) is 15.5. The summed E-state index contributed by atoms with van der Waals surface area (Å²) in [7, 11) is 1.65. The Kier molecular flexibility index (Phi) is 5.92. The molecule has 0 radical (unpaired) electrons. The number of aryl methyl sites for hydroxylation is 1. The minimum absolute atomic E-state index is 0.706. The van der Waals surface area contributed by atoms with Gasteiger partial charge < -0.3 is 15.4 Å². The minimum atomic E-state index is 0.706. The lowest BCUT2D eigenvalue weighted by Gasteiger charge is -2.12. The predicted octanol–water partition coefficient (Wildman–Crippen LogP) is 4.85. The summed E-state index contributed by atoms with van der Waals surface area (Å²) < 4.78 is 5.39. The molecule has 5 nitrogen and oxygen atoms in total. The summed E-state index contributed by atoms with van der Waals surface area (Å²) in [6.45, 7) is 2.81. The smallest absolute Gasteiger partial charge is 0.142 e. The van der Waals surface area contributed by atoms with Crippen LogP contribution in [0.15, 0.2) is 54.9 Å². The fourth-order valence-corrected chi connectivity index (χ4v) is 2.69. The zero-order chi connectivity index (χ0) is 18.4. The van der Waals surface area contributed by atoms with Gasteiger partial charge in [-0.1, -0.05) is 29.8 Å². The van der Waals surface area contributed by atoms with Crippen molar-refractivity contribution in [1.82, 2.24) is 9.97 Å². The van der Waals surface area contributed by atoms with Crippen LogP contribution in [0.4, 0.5) is 17.3 Å². The van der Waals surface area contributed by atoms with Gasteiger partial charge in [0.05, 0.1) is 12.8 Å². The first-order chi connectivity index (χ1) is 12.6. The summed E-state index contributed by atoms with van der Waals surface area (Å²) in [5, 5.41) is 7.36. The highest BCUT2D eigenvalue weighted by Gasteiger charge is 2.05. The molecule has 3 aromatic rings. The molecule has 6 heteroatoms. The monoisotopic (exact) mass is 368 g/mol. The van der Waals surface area contributed by atoms with E-state index in [1.807, 2.05) is 55.5 Å². The van der Waals surface area contributed by atoms with E-state index in [0.29, 0.717) is 5.82 Å². The summed E-state index contributed by atoms with van der Waals surface area (Å²) in [4.78, 5) is 8.56. The van der Waals surface area contributed by atoms with E-state index in [0.717, 1.165) is 40.8 Å². The van der Waals surface area contributed by atoms with Crippen LogP contribution in [-0.2, 0) is 6.42 Å². The van der Waals surface area contributed by atoms with Crippen molar-refractivity contribution in [3.05, 3.63) is 71.0 Å². The number of hydrogen-bond acceptors (Lipinski definition) is 5. The standard InChI is InChI=1S/C20H21ClN4O/c1-14-3-8-18(26-2)17(11-14)25-20-12-19(23-13-24-20)22-10-9-15-4-6-16(21)7-5-15/h3-8,11-13H,9-10H2,1-2H3,(H2,22,23,24,25). The van der Waals surface area contributed by atoms with E-state index in [9.17, 15) is 0 Å². The van der Waals surface area contributed by atoms with Crippen LogP contribution in [-0.4, -0.2) is 23.6 Å². The molecule has 134 valence electrons. The maximum absolute atomic E-state index is 5.91. The van der Waals surface area contributed by atoms with E-state index < -0.39 is 0 Å². The lowest BCUT2D eigenvalue weighted by Crippen LogP contribution is -2.07. The topological polar surface area (TPSA) is 59.1 Å². The van der Waals surface area contributed by atoms with Crippen LogP contribution in [0.3, 0.4) is 0 Å². The minimum Gasteiger partial charge on any atom is -0.495 e. The molecule has 0 unspecified atom stereocenters.